The summed E-state index contributed by atoms with van der Waals surface area (Å²) >= 11 is 0. The topological polar surface area (TPSA) is 70.1 Å². The maximum Gasteiger partial charge on any atom is 0.131 e. The molecule has 3 rings (SSSR count). The monoisotopic (exact) mass is 263 g/mol. The predicted octanol–water partition coefficient (Wildman–Crippen LogP) is 1.23. The molecule has 0 radical (unpaired) electrons. The van der Waals surface area contributed by atoms with Gasteiger partial charge in [-0.2, -0.15) is 5.10 Å². The highest BCUT2D eigenvalue weighted by Gasteiger charge is 2.25. The Morgan fingerprint density at radius 1 is 1.33 bits per heavy atom. The van der Waals surface area contributed by atoms with Crippen LogP contribution in [0.5, 0.6) is 5.75 Å². The van der Waals surface area contributed by atoms with E-state index in [-0.39, 0.29) is 0 Å². The largest absolute Gasteiger partial charge is 0.497 e. The van der Waals surface area contributed by atoms with Crippen LogP contribution in [0.1, 0.15) is 11.3 Å². The highest BCUT2D eigenvalue weighted by atomic mass is 32.2. The van der Waals surface area contributed by atoms with E-state index in [1.165, 1.54) is 0 Å². The Bertz CT molecular complexity index is 619. The molecule has 2 heterocycles. The van der Waals surface area contributed by atoms with E-state index >= 15 is 0 Å². The van der Waals surface area contributed by atoms with Gasteiger partial charge in [0.15, 0.2) is 0 Å². The molecule has 1 aromatic heterocycles. The molecule has 5 nitrogen and oxygen atoms in total. The van der Waals surface area contributed by atoms with E-state index in [1.807, 2.05) is 24.3 Å². The number of benzene rings is 1. The molecule has 0 spiro atoms. The molecule has 1 aliphatic rings. The lowest BCUT2D eigenvalue weighted by atomic mass is 10.2. The van der Waals surface area contributed by atoms with Gasteiger partial charge in [-0.05, 0) is 24.3 Å². The Hall–Kier alpha value is -1.82. The summed E-state index contributed by atoms with van der Waals surface area (Å²) in [5, 5.41) is 4.42. The van der Waals surface area contributed by atoms with E-state index in [4.69, 9.17) is 10.5 Å². The minimum Gasteiger partial charge on any atom is -0.497 e. The van der Waals surface area contributed by atoms with Crippen LogP contribution in [0.2, 0.25) is 0 Å². The van der Waals surface area contributed by atoms with Crippen LogP contribution < -0.4 is 10.5 Å². The van der Waals surface area contributed by atoms with Crippen molar-refractivity contribution in [3.05, 3.63) is 35.5 Å². The third-order valence-electron chi connectivity index (χ3n) is 3.03. The molecule has 94 valence electrons. The molecule has 0 fully saturated rings. The van der Waals surface area contributed by atoms with E-state index in [0.29, 0.717) is 17.3 Å². The first kappa shape index (κ1) is 11.3. The molecule has 0 amide bonds. The van der Waals surface area contributed by atoms with Gasteiger partial charge >= 0.3 is 0 Å². The molecule has 2 N–H and O–H groups in total. The van der Waals surface area contributed by atoms with Gasteiger partial charge in [-0.25, -0.2) is 4.68 Å². The van der Waals surface area contributed by atoms with Gasteiger partial charge in [0.2, 0.25) is 0 Å². The maximum atomic E-state index is 11.4. The summed E-state index contributed by atoms with van der Waals surface area (Å²) < 4.78 is 18.2. The molecular weight excluding hydrogens is 250 g/mol. The van der Waals surface area contributed by atoms with Crippen molar-refractivity contribution < 1.29 is 8.95 Å². The third-order valence-corrected chi connectivity index (χ3v) is 4.23. The quantitative estimate of drug-likeness (QED) is 0.884. The summed E-state index contributed by atoms with van der Waals surface area (Å²) in [6.07, 6.45) is 0. The Labute approximate surface area is 107 Å². The van der Waals surface area contributed by atoms with Crippen LogP contribution >= 0.6 is 0 Å². The first-order valence-corrected chi connectivity index (χ1v) is 7.03. The van der Waals surface area contributed by atoms with Gasteiger partial charge in [0.1, 0.15) is 11.6 Å². The fourth-order valence-corrected chi connectivity index (χ4v) is 3.34. The van der Waals surface area contributed by atoms with E-state index in [0.717, 1.165) is 22.7 Å². The summed E-state index contributed by atoms with van der Waals surface area (Å²) in [4.78, 5) is 0. The summed E-state index contributed by atoms with van der Waals surface area (Å²) in [5.41, 5.74) is 8.71. The van der Waals surface area contributed by atoms with Crippen LogP contribution in [0, 0.1) is 0 Å². The molecule has 18 heavy (non-hydrogen) atoms. The molecule has 1 aliphatic heterocycles. The van der Waals surface area contributed by atoms with Gasteiger partial charge in [-0.1, -0.05) is 0 Å². The number of nitrogens with two attached hydrogens (primary N) is 1. The number of hydrogen-bond donors (Lipinski definition) is 1. The zero-order valence-corrected chi connectivity index (χ0v) is 10.7. The van der Waals surface area contributed by atoms with Crippen LogP contribution in [-0.4, -0.2) is 21.1 Å². The van der Waals surface area contributed by atoms with Crippen LogP contribution in [0.3, 0.4) is 0 Å². The van der Waals surface area contributed by atoms with Gasteiger partial charge < -0.3 is 10.5 Å². The summed E-state index contributed by atoms with van der Waals surface area (Å²) in [6.45, 7) is 0. The van der Waals surface area contributed by atoms with Crippen molar-refractivity contribution in [1.29, 1.82) is 0 Å². The molecule has 0 aliphatic carbocycles. The maximum absolute atomic E-state index is 11.4. The number of hydrogen-bond acceptors (Lipinski definition) is 4. The predicted molar refractivity (Wildman–Crippen MR) is 70.1 cm³/mol. The number of nitrogen functional groups attached to an aromatic ring is 1. The van der Waals surface area contributed by atoms with E-state index in [2.05, 4.69) is 5.10 Å². The number of methoxy groups -OCH3 is 1. The van der Waals surface area contributed by atoms with Crippen LogP contribution in [0.4, 0.5) is 5.82 Å². The van der Waals surface area contributed by atoms with Gasteiger partial charge in [0.05, 0.1) is 30.0 Å². The van der Waals surface area contributed by atoms with Crippen molar-refractivity contribution in [3.63, 3.8) is 0 Å². The number of aromatic nitrogens is 2. The summed E-state index contributed by atoms with van der Waals surface area (Å²) in [5.74, 6) is 2.39. The minimum absolute atomic E-state index is 0.503. The average Bonchev–Trinajstić information content (AvgIpc) is 2.88. The van der Waals surface area contributed by atoms with Crippen molar-refractivity contribution in [2.24, 2.45) is 0 Å². The highest BCUT2D eigenvalue weighted by Crippen LogP contribution is 2.29. The Morgan fingerprint density at radius 2 is 2.06 bits per heavy atom. The van der Waals surface area contributed by atoms with Crippen LogP contribution in [0.15, 0.2) is 24.3 Å². The summed E-state index contributed by atoms with van der Waals surface area (Å²) in [7, 11) is 0.782. The molecular formula is C12H13N3O2S. The second kappa shape index (κ2) is 4.13. The first-order chi connectivity index (χ1) is 8.69. The molecule has 2 aromatic rings. The minimum atomic E-state index is -0.844. The van der Waals surface area contributed by atoms with Crippen molar-refractivity contribution in [1.82, 2.24) is 9.78 Å². The standard InChI is InChI=1S/C12H13N3O2S/c1-17-9-4-2-8(3-5-9)15-12(13)10-6-18(16)7-11(10)14-15/h2-5H,6-7,13H2,1H3/t18-/m0/s1. The smallest absolute Gasteiger partial charge is 0.131 e. The summed E-state index contributed by atoms with van der Waals surface area (Å²) in [6, 6.07) is 7.52. The van der Waals surface area contributed by atoms with E-state index in [1.54, 1.807) is 11.8 Å². The Balaban J connectivity index is 2.02. The average molecular weight is 263 g/mol. The number of fused-ring (bicyclic) bond motifs is 1. The second-order valence-electron chi connectivity index (χ2n) is 4.15. The van der Waals surface area contributed by atoms with Crippen LogP contribution in [0.25, 0.3) is 5.69 Å². The Kier molecular flexibility index (Phi) is 2.59. The zero-order valence-electron chi connectivity index (χ0n) is 9.92. The fraction of sp³-hybridized carbons (Fsp3) is 0.250. The molecule has 6 heteroatoms. The zero-order chi connectivity index (χ0) is 12.7. The molecule has 1 aromatic carbocycles. The molecule has 0 saturated carbocycles. The molecule has 0 unspecified atom stereocenters. The second-order valence-corrected chi connectivity index (χ2v) is 5.61. The van der Waals surface area contributed by atoms with Crippen LogP contribution in [-0.2, 0) is 22.3 Å². The lowest BCUT2D eigenvalue weighted by Gasteiger charge is -2.06. The van der Waals surface area contributed by atoms with Gasteiger partial charge in [0.25, 0.3) is 0 Å². The number of rotatable bonds is 2. The van der Waals surface area contributed by atoms with Crippen molar-refractivity contribution in [2.75, 3.05) is 12.8 Å². The SMILES string of the molecule is COc1ccc(-n2nc3c(c2N)C[S@](=O)C3)cc1. The lowest BCUT2D eigenvalue weighted by molar-refractivity contribution is 0.414. The number of ether oxygens (including phenoxy) is 1. The number of nitrogens with zero attached hydrogens (tertiary/aromatic N) is 2. The fourth-order valence-electron chi connectivity index (χ4n) is 2.07. The first-order valence-electron chi connectivity index (χ1n) is 5.54. The molecule has 0 saturated heterocycles. The highest BCUT2D eigenvalue weighted by molar-refractivity contribution is 7.83. The van der Waals surface area contributed by atoms with Crippen molar-refractivity contribution in [2.45, 2.75) is 11.5 Å². The third kappa shape index (κ3) is 1.69. The van der Waals surface area contributed by atoms with E-state index < -0.39 is 10.8 Å². The normalized spacial score (nSPS) is 17.7. The molecule has 0 bridgehead atoms. The molecule has 1 atom stereocenters. The van der Waals surface area contributed by atoms with Gasteiger partial charge in [0, 0.05) is 16.4 Å². The van der Waals surface area contributed by atoms with Gasteiger partial charge in [-0.15, -0.1) is 0 Å². The Morgan fingerprint density at radius 3 is 2.67 bits per heavy atom. The number of anilines is 1. The van der Waals surface area contributed by atoms with Crippen molar-refractivity contribution in [3.8, 4) is 11.4 Å². The van der Waals surface area contributed by atoms with Gasteiger partial charge in [-0.3, -0.25) is 4.21 Å². The van der Waals surface area contributed by atoms with Crippen molar-refractivity contribution >= 4 is 16.6 Å². The lowest BCUT2D eigenvalue weighted by Crippen LogP contribution is -2.04. The van der Waals surface area contributed by atoms with E-state index in [9.17, 15) is 4.21 Å².